The fourth-order valence-electron chi connectivity index (χ4n) is 1.43. The Morgan fingerprint density at radius 2 is 2.25 bits per heavy atom. The van der Waals surface area contributed by atoms with Crippen LogP contribution in [0.2, 0.25) is 0 Å². The molecule has 0 unspecified atom stereocenters. The molecule has 0 atom stereocenters. The fourth-order valence-corrected chi connectivity index (χ4v) is 1.81. The maximum Gasteiger partial charge on any atom is 0.223 e. The second kappa shape index (κ2) is 6.43. The molecule has 0 bridgehead atoms. The predicted molar refractivity (Wildman–Crippen MR) is 70.3 cm³/mol. The van der Waals surface area contributed by atoms with Gasteiger partial charge in [-0.15, -0.1) is 0 Å². The number of anilines is 1. The van der Waals surface area contributed by atoms with Crippen molar-refractivity contribution >= 4 is 23.4 Å². The molecule has 0 aliphatic carbocycles. The molecular formula is C12H18N2OS. The molecule has 4 heteroatoms. The van der Waals surface area contributed by atoms with Gasteiger partial charge in [-0.1, -0.05) is 12.1 Å². The van der Waals surface area contributed by atoms with Crippen LogP contribution < -0.4 is 5.73 Å². The first kappa shape index (κ1) is 12.9. The molecule has 1 amide bonds. The van der Waals surface area contributed by atoms with Crippen molar-refractivity contribution in [2.75, 3.05) is 24.8 Å². The standard InChI is InChI=1S/C12H18N2OS/c1-14(12(15)6-7-16-2)9-10-4-3-5-11(13)8-10/h3-5,8H,6-7,9,13H2,1-2H3. The van der Waals surface area contributed by atoms with Crippen molar-refractivity contribution in [2.24, 2.45) is 0 Å². The SMILES string of the molecule is CSCCC(=O)N(C)Cc1cccc(N)c1. The summed E-state index contributed by atoms with van der Waals surface area (Å²) in [5.41, 5.74) is 7.49. The van der Waals surface area contributed by atoms with Crippen LogP contribution >= 0.6 is 11.8 Å². The molecule has 2 N–H and O–H groups in total. The summed E-state index contributed by atoms with van der Waals surface area (Å²) in [7, 11) is 1.83. The maximum atomic E-state index is 11.7. The lowest BCUT2D eigenvalue weighted by Gasteiger charge is -2.17. The first-order valence-corrected chi connectivity index (χ1v) is 6.60. The van der Waals surface area contributed by atoms with E-state index in [2.05, 4.69) is 0 Å². The maximum absolute atomic E-state index is 11.7. The summed E-state index contributed by atoms with van der Waals surface area (Å²) < 4.78 is 0. The number of benzene rings is 1. The van der Waals surface area contributed by atoms with Gasteiger partial charge in [0.25, 0.3) is 0 Å². The summed E-state index contributed by atoms with van der Waals surface area (Å²) >= 11 is 1.69. The second-order valence-electron chi connectivity index (χ2n) is 3.74. The highest BCUT2D eigenvalue weighted by molar-refractivity contribution is 7.98. The molecule has 0 radical (unpaired) electrons. The van der Waals surface area contributed by atoms with E-state index in [0.29, 0.717) is 13.0 Å². The van der Waals surface area contributed by atoms with Crippen LogP contribution in [0.15, 0.2) is 24.3 Å². The lowest BCUT2D eigenvalue weighted by molar-refractivity contribution is -0.129. The summed E-state index contributed by atoms with van der Waals surface area (Å²) in [6.45, 7) is 0.623. The van der Waals surface area contributed by atoms with Gasteiger partial charge in [-0.3, -0.25) is 4.79 Å². The van der Waals surface area contributed by atoms with Gasteiger partial charge < -0.3 is 10.6 Å². The molecule has 1 aromatic rings. The Labute approximate surface area is 101 Å². The molecule has 0 saturated carbocycles. The number of nitrogen functional groups attached to an aromatic ring is 1. The van der Waals surface area contributed by atoms with Gasteiger partial charge in [0, 0.05) is 31.5 Å². The van der Waals surface area contributed by atoms with E-state index in [1.165, 1.54) is 0 Å². The molecule has 88 valence electrons. The van der Waals surface area contributed by atoms with Crippen LogP contribution in [0.4, 0.5) is 5.69 Å². The average Bonchev–Trinajstić information content (AvgIpc) is 2.25. The van der Waals surface area contributed by atoms with Gasteiger partial charge in [0.2, 0.25) is 5.91 Å². The molecule has 0 saturated heterocycles. The average molecular weight is 238 g/mol. The van der Waals surface area contributed by atoms with E-state index in [-0.39, 0.29) is 5.91 Å². The van der Waals surface area contributed by atoms with Gasteiger partial charge >= 0.3 is 0 Å². The fraction of sp³-hybridized carbons (Fsp3) is 0.417. The molecule has 16 heavy (non-hydrogen) atoms. The lowest BCUT2D eigenvalue weighted by atomic mass is 10.2. The molecule has 1 aromatic carbocycles. The van der Waals surface area contributed by atoms with Gasteiger partial charge in [-0.25, -0.2) is 0 Å². The Balaban J connectivity index is 2.50. The molecule has 1 rings (SSSR count). The Bertz CT molecular complexity index is 355. The zero-order valence-corrected chi connectivity index (χ0v) is 10.6. The van der Waals surface area contributed by atoms with E-state index < -0.39 is 0 Å². The predicted octanol–water partition coefficient (Wildman–Crippen LogP) is 1.98. The number of amides is 1. The van der Waals surface area contributed by atoms with E-state index in [4.69, 9.17) is 5.73 Å². The Morgan fingerprint density at radius 3 is 2.88 bits per heavy atom. The summed E-state index contributed by atoms with van der Waals surface area (Å²) in [5, 5.41) is 0. The number of nitrogens with zero attached hydrogens (tertiary/aromatic N) is 1. The van der Waals surface area contributed by atoms with E-state index in [9.17, 15) is 4.79 Å². The van der Waals surface area contributed by atoms with Crippen LogP contribution in [-0.2, 0) is 11.3 Å². The van der Waals surface area contributed by atoms with Crippen LogP contribution in [0.1, 0.15) is 12.0 Å². The largest absolute Gasteiger partial charge is 0.399 e. The number of carbonyl (C=O) groups is 1. The number of hydrogen-bond donors (Lipinski definition) is 1. The van der Waals surface area contributed by atoms with Gasteiger partial charge in [-0.2, -0.15) is 11.8 Å². The van der Waals surface area contributed by atoms with Crippen molar-refractivity contribution in [1.82, 2.24) is 4.90 Å². The molecule has 0 aliphatic heterocycles. The summed E-state index contributed by atoms with van der Waals surface area (Å²) in [4.78, 5) is 13.4. The van der Waals surface area contributed by atoms with Gasteiger partial charge in [0.1, 0.15) is 0 Å². The van der Waals surface area contributed by atoms with Crippen LogP contribution in [-0.4, -0.2) is 29.9 Å². The second-order valence-corrected chi connectivity index (χ2v) is 4.72. The highest BCUT2D eigenvalue weighted by Crippen LogP contribution is 2.09. The zero-order valence-electron chi connectivity index (χ0n) is 9.77. The molecule has 0 aliphatic rings. The van der Waals surface area contributed by atoms with Crippen molar-refractivity contribution in [1.29, 1.82) is 0 Å². The number of rotatable bonds is 5. The van der Waals surface area contributed by atoms with E-state index >= 15 is 0 Å². The third-order valence-electron chi connectivity index (χ3n) is 2.32. The highest BCUT2D eigenvalue weighted by atomic mass is 32.2. The minimum atomic E-state index is 0.178. The van der Waals surface area contributed by atoms with E-state index in [1.54, 1.807) is 16.7 Å². The van der Waals surface area contributed by atoms with Crippen molar-refractivity contribution in [3.63, 3.8) is 0 Å². The number of carbonyl (C=O) groups excluding carboxylic acids is 1. The zero-order chi connectivity index (χ0) is 12.0. The number of hydrogen-bond acceptors (Lipinski definition) is 3. The van der Waals surface area contributed by atoms with Gasteiger partial charge in [-0.05, 0) is 24.0 Å². The first-order valence-electron chi connectivity index (χ1n) is 5.21. The van der Waals surface area contributed by atoms with Crippen molar-refractivity contribution in [2.45, 2.75) is 13.0 Å². The van der Waals surface area contributed by atoms with Crippen LogP contribution in [0.3, 0.4) is 0 Å². The first-order chi connectivity index (χ1) is 7.63. The van der Waals surface area contributed by atoms with E-state index in [1.807, 2.05) is 37.6 Å². The van der Waals surface area contributed by atoms with Crippen LogP contribution in [0.25, 0.3) is 0 Å². The van der Waals surface area contributed by atoms with Gasteiger partial charge in [0.15, 0.2) is 0 Å². The molecule has 3 nitrogen and oxygen atoms in total. The van der Waals surface area contributed by atoms with Crippen LogP contribution in [0.5, 0.6) is 0 Å². The smallest absolute Gasteiger partial charge is 0.223 e. The third kappa shape index (κ3) is 4.14. The Hall–Kier alpha value is -1.16. The minimum Gasteiger partial charge on any atom is -0.399 e. The van der Waals surface area contributed by atoms with Crippen LogP contribution in [0, 0.1) is 0 Å². The minimum absolute atomic E-state index is 0.178. The van der Waals surface area contributed by atoms with Gasteiger partial charge in [0.05, 0.1) is 0 Å². The number of nitrogens with two attached hydrogens (primary N) is 1. The molecule has 0 aromatic heterocycles. The molecule has 0 heterocycles. The normalized spacial score (nSPS) is 10.1. The highest BCUT2D eigenvalue weighted by Gasteiger charge is 2.08. The van der Waals surface area contributed by atoms with Crippen molar-refractivity contribution < 1.29 is 4.79 Å². The number of thioether (sulfide) groups is 1. The molecular weight excluding hydrogens is 220 g/mol. The summed E-state index contributed by atoms with van der Waals surface area (Å²) in [5.74, 6) is 1.05. The van der Waals surface area contributed by atoms with E-state index in [0.717, 1.165) is 17.0 Å². The third-order valence-corrected chi connectivity index (χ3v) is 2.93. The molecule has 0 fully saturated rings. The molecule has 0 spiro atoms. The lowest BCUT2D eigenvalue weighted by Crippen LogP contribution is -2.26. The quantitative estimate of drug-likeness (QED) is 0.798. The van der Waals surface area contributed by atoms with Crippen molar-refractivity contribution in [3.05, 3.63) is 29.8 Å². The topological polar surface area (TPSA) is 46.3 Å². The van der Waals surface area contributed by atoms with Crippen molar-refractivity contribution in [3.8, 4) is 0 Å². The Morgan fingerprint density at radius 1 is 1.50 bits per heavy atom. The summed E-state index contributed by atoms with van der Waals surface area (Å²) in [6, 6.07) is 7.64. The summed E-state index contributed by atoms with van der Waals surface area (Å²) in [6.07, 6.45) is 2.60. The Kier molecular flexibility index (Phi) is 5.19. The monoisotopic (exact) mass is 238 g/mol.